The number of rotatable bonds is 4. The number of nitrogens with one attached hydrogen (secondary N) is 1. The first kappa shape index (κ1) is 12.1. The second-order valence-corrected chi connectivity index (χ2v) is 3.87. The van der Waals surface area contributed by atoms with Gasteiger partial charge in [0.1, 0.15) is 5.82 Å². The van der Waals surface area contributed by atoms with Crippen LogP contribution in [-0.2, 0) is 6.54 Å². The maximum absolute atomic E-state index is 10.9. The Morgan fingerprint density at radius 1 is 1.44 bits per heavy atom. The summed E-state index contributed by atoms with van der Waals surface area (Å²) in [7, 11) is 0. The van der Waals surface area contributed by atoms with Crippen molar-refractivity contribution in [3.8, 4) is 0 Å². The number of anilines is 2. The molecular weight excluding hydrogens is 232 g/mol. The summed E-state index contributed by atoms with van der Waals surface area (Å²) in [5, 5.41) is 16.2. The zero-order chi connectivity index (χ0) is 13.1. The van der Waals surface area contributed by atoms with Crippen molar-refractivity contribution in [3.05, 3.63) is 35.7 Å². The third kappa shape index (κ3) is 2.65. The number of nitrogens with zero attached hydrogens (tertiary/aromatic N) is 3. The lowest BCUT2D eigenvalue weighted by molar-refractivity contribution is 0.0696. The average Bonchev–Trinajstić information content (AvgIpc) is 2.76. The predicted molar refractivity (Wildman–Crippen MR) is 67.1 cm³/mol. The number of aromatic carboxylic acids is 1. The van der Waals surface area contributed by atoms with Crippen molar-refractivity contribution in [2.45, 2.75) is 20.4 Å². The molecule has 0 amide bonds. The number of hydrogen-bond donors (Lipinski definition) is 2. The van der Waals surface area contributed by atoms with E-state index in [1.54, 1.807) is 11.6 Å². The number of hydrogen-bond acceptors (Lipinski definition) is 4. The Balaban J connectivity index is 2.25. The lowest BCUT2D eigenvalue weighted by Gasteiger charge is -2.05. The maximum atomic E-state index is 10.9. The molecule has 6 nitrogen and oxygen atoms in total. The van der Waals surface area contributed by atoms with Gasteiger partial charge in [-0.3, -0.25) is 4.68 Å². The van der Waals surface area contributed by atoms with Gasteiger partial charge in [-0.1, -0.05) is 0 Å². The van der Waals surface area contributed by atoms with Gasteiger partial charge in [-0.05, 0) is 26.0 Å². The zero-order valence-electron chi connectivity index (χ0n) is 10.2. The molecule has 2 heterocycles. The summed E-state index contributed by atoms with van der Waals surface area (Å²) in [6.07, 6.45) is 1.84. The minimum atomic E-state index is -0.970. The average molecular weight is 246 g/mol. The molecule has 2 rings (SSSR count). The van der Waals surface area contributed by atoms with E-state index in [0.717, 1.165) is 6.54 Å². The third-order valence-electron chi connectivity index (χ3n) is 2.42. The topological polar surface area (TPSA) is 80.0 Å². The largest absolute Gasteiger partial charge is 0.478 e. The molecule has 0 aliphatic carbocycles. The number of carbonyl (C=O) groups is 1. The Bertz CT molecular complexity index is 577. The quantitative estimate of drug-likeness (QED) is 0.863. The zero-order valence-corrected chi connectivity index (χ0v) is 10.2. The third-order valence-corrected chi connectivity index (χ3v) is 2.42. The van der Waals surface area contributed by atoms with Crippen LogP contribution in [0.25, 0.3) is 0 Å². The van der Waals surface area contributed by atoms with Gasteiger partial charge in [0.15, 0.2) is 5.82 Å². The highest BCUT2D eigenvalue weighted by molar-refractivity contribution is 5.88. The van der Waals surface area contributed by atoms with Gasteiger partial charge in [-0.2, -0.15) is 5.10 Å². The maximum Gasteiger partial charge on any atom is 0.335 e. The standard InChI is InChI=1S/C12H14N4O2/c1-3-16-5-4-10(15-16)14-11-7-9(12(17)18)6-8(2)13-11/h4-7H,3H2,1-2H3,(H,17,18)(H,13,14,15). The fraction of sp³-hybridized carbons (Fsp3) is 0.250. The minimum Gasteiger partial charge on any atom is -0.478 e. The van der Waals surface area contributed by atoms with E-state index in [-0.39, 0.29) is 5.56 Å². The van der Waals surface area contributed by atoms with Crippen LogP contribution in [0.4, 0.5) is 11.6 Å². The number of carboxylic acid groups (broad SMARTS) is 1. The molecule has 0 atom stereocenters. The molecule has 2 N–H and O–H groups in total. The Morgan fingerprint density at radius 2 is 2.22 bits per heavy atom. The Kier molecular flexibility index (Phi) is 3.27. The van der Waals surface area contributed by atoms with Crippen LogP contribution >= 0.6 is 0 Å². The fourth-order valence-corrected chi connectivity index (χ4v) is 1.59. The molecule has 6 heteroatoms. The summed E-state index contributed by atoms with van der Waals surface area (Å²) < 4.78 is 1.77. The molecule has 94 valence electrons. The molecule has 0 spiro atoms. The van der Waals surface area contributed by atoms with E-state index in [9.17, 15) is 4.79 Å². The van der Waals surface area contributed by atoms with Crippen molar-refractivity contribution in [3.63, 3.8) is 0 Å². The molecular formula is C12H14N4O2. The van der Waals surface area contributed by atoms with Crippen molar-refractivity contribution in [1.82, 2.24) is 14.8 Å². The van der Waals surface area contributed by atoms with Crippen molar-refractivity contribution < 1.29 is 9.90 Å². The molecule has 0 unspecified atom stereocenters. The molecule has 0 saturated heterocycles. The van der Waals surface area contributed by atoms with Gasteiger partial charge < -0.3 is 10.4 Å². The van der Waals surface area contributed by atoms with E-state index in [0.29, 0.717) is 17.3 Å². The highest BCUT2D eigenvalue weighted by atomic mass is 16.4. The highest BCUT2D eigenvalue weighted by Gasteiger charge is 2.07. The fourth-order valence-electron chi connectivity index (χ4n) is 1.59. The van der Waals surface area contributed by atoms with Gasteiger partial charge in [-0.25, -0.2) is 9.78 Å². The summed E-state index contributed by atoms with van der Waals surface area (Å²) in [6.45, 7) is 4.52. The minimum absolute atomic E-state index is 0.208. The summed E-state index contributed by atoms with van der Waals surface area (Å²) >= 11 is 0. The first-order chi connectivity index (χ1) is 8.58. The van der Waals surface area contributed by atoms with E-state index in [4.69, 9.17) is 5.11 Å². The summed E-state index contributed by atoms with van der Waals surface area (Å²) in [4.78, 5) is 15.2. The van der Waals surface area contributed by atoms with Crippen molar-refractivity contribution in [2.75, 3.05) is 5.32 Å². The second-order valence-electron chi connectivity index (χ2n) is 3.87. The SMILES string of the molecule is CCn1ccc(Nc2cc(C(=O)O)cc(C)n2)n1. The van der Waals surface area contributed by atoms with Crippen molar-refractivity contribution in [2.24, 2.45) is 0 Å². The van der Waals surface area contributed by atoms with E-state index >= 15 is 0 Å². The lowest BCUT2D eigenvalue weighted by Crippen LogP contribution is -2.03. The molecule has 0 saturated carbocycles. The van der Waals surface area contributed by atoms with Crippen molar-refractivity contribution in [1.29, 1.82) is 0 Å². The molecule has 0 aromatic carbocycles. The number of carboxylic acids is 1. The van der Waals surface area contributed by atoms with Crippen LogP contribution in [-0.4, -0.2) is 25.8 Å². The van der Waals surface area contributed by atoms with Gasteiger partial charge in [0, 0.05) is 24.5 Å². The second kappa shape index (κ2) is 4.87. The summed E-state index contributed by atoms with van der Waals surface area (Å²) in [5.74, 6) is 0.155. The first-order valence-corrected chi connectivity index (χ1v) is 5.61. The van der Waals surface area contributed by atoms with Crippen LogP contribution in [0, 0.1) is 6.92 Å². The van der Waals surface area contributed by atoms with Gasteiger partial charge in [0.25, 0.3) is 0 Å². The molecule has 0 aliphatic heterocycles. The molecule has 18 heavy (non-hydrogen) atoms. The number of aryl methyl sites for hydroxylation is 2. The molecule has 0 radical (unpaired) electrons. The van der Waals surface area contributed by atoms with Gasteiger partial charge in [0.2, 0.25) is 0 Å². The first-order valence-electron chi connectivity index (χ1n) is 5.61. The van der Waals surface area contributed by atoms with Crippen LogP contribution in [0.15, 0.2) is 24.4 Å². The smallest absolute Gasteiger partial charge is 0.335 e. The van der Waals surface area contributed by atoms with E-state index in [1.165, 1.54) is 12.1 Å². The van der Waals surface area contributed by atoms with Crippen LogP contribution in [0.3, 0.4) is 0 Å². The van der Waals surface area contributed by atoms with Crippen LogP contribution in [0.1, 0.15) is 23.0 Å². The van der Waals surface area contributed by atoms with E-state index < -0.39 is 5.97 Å². The number of pyridine rings is 1. The van der Waals surface area contributed by atoms with Crippen LogP contribution in [0.5, 0.6) is 0 Å². The monoisotopic (exact) mass is 246 g/mol. The highest BCUT2D eigenvalue weighted by Crippen LogP contribution is 2.15. The molecule has 0 bridgehead atoms. The Hall–Kier alpha value is -2.37. The van der Waals surface area contributed by atoms with E-state index in [1.807, 2.05) is 19.2 Å². The van der Waals surface area contributed by atoms with Crippen LogP contribution < -0.4 is 5.32 Å². The molecule has 2 aromatic heterocycles. The van der Waals surface area contributed by atoms with Gasteiger partial charge >= 0.3 is 5.97 Å². The molecule has 0 fully saturated rings. The predicted octanol–water partition coefficient (Wildman–Crippen LogP) is 2.05. The van der Waals surface area contributed by atoms with Crippen LogP contribution in [0.2, 0.25) is 0 Å². The Labute approximate surface area is 104 Å². The summed E-state index contributed by atoms with van der Waals surface area (Å²) in [5.41, 5.74) is 0.854. The van der Waals surface area contributed by atoms with Gasteiger partial charge in [-0.15, -0.1) is 0 Å². The molecule has 0 aliphatic rings. The Morgan fingerprint density at radius 3 is 2.83 bits per heavy atom. The van der Waals surface area contributed by atoms with E-state index in [2.05, 4.69) is 15.4 Å². The number of aromatic nitrogens is 3. The normalized spacial score (nSPS) is 10.3. The van der Waals surface area contributed by atoms with Gasteiger partial charge in [0.05, 0.1) is 5.56 Å². The lowest BCUT2D eigenvalue weighted by atomic mass is 10.2. The summed E-state index contributed by atoms with van der Waals surface area (Å²) in [6, 6.07) is 4.83. The molecule has 2 aromatic rings. The van der Waals surface area contributed by atoms with Crippen molar-refractivity contribution >= 4 is 17.6 Å².